The lowest BCUT2D eigenvalue weighted by molar-refractivity contribution is -0.136. The molecule has 2 aromatic rings. The summed E-state index contributed by atoms with van der Waals surface area (Å²) in [6, 6.07) is 3.44. The minimum Gasteiger partial charge on any atom is -0.352 e. The fourth-order valence-electron chi connectivity index (χ4n) is 4.20. The smallest absolute Gasteiger partial charge is 0.312 e. The first-order chi connectivity index (χ1) is 14.8. The summed E-state index contributed by atoms with van der Waals surface area (Å²) in [5.74, 6) is -1.02. The van der Waals surface area contributed by atoms with Crippen molar-refractivity contribution < 1.29 is 19.2 Å². The second kappa shape index (κ2) is 7.82. The molecule has 0 spiro atoms. The zero-order valence-corrected chi connectivity index (χ0v) is 17.3. The van der Waals surface area contributed by atoms with Crippen LogP contribution in [0.25, 0.3) is 0 Å². The number of imide groups is 1. The van der Waals surface area contributed by atoms with Gasteiger partial charge >= 0.3 is 6.03 Å². The Balaban J connectivity index is 1.67. The van der Waals surface area contributed by atoms with Crippen LogP contribution in [0.1, 0.15) is 57.1 Å². The van der Waals surface area contributed by atoms with Crippen LogP contribution in [-0.2, 0) is 16.1 Å². The number of aromatic nitrogens is 1. The number of nitrogens with two attached hydrogens (primary N) is 1. The molecule has 4 rings (SSSR count). The maximum absolute atomic E-state index is 12.9. The highest BCUT2D eigenvalue weighted by Crippen LogP contribution is 2.32. The van der Waals surface area contributed by atoms with Gasteiger partial charge in [-0.1, -0.05) is 12.1 Å². The van der Waals surface area contributed by atoms with Gasteiger partial charge in [0, 0.05) is 36.5 Å². The van der Waals surface area contributed by atoms with Gasteiger partial charge < -0.3 is 16.0 Å². The summed E-state index contributed by atoms with van der Waals surface area (Å²) in [6.45, 7) is 4.14. The Morgan fingerprint density at radius 3 is 2.74 bits per heavy atom. The minimum atomic E-state index is -0.677. The predicted octanol–water partition coefficient (Wildman–Crippen LogP) is 1.22. The summed E-state index contributed by atoms with van der Waals surface area (Å²) in [6.07, 6.45) is 3.94. The van der Waals surface area contributed by atoms with Crippen molar-refractivity contribution in [2.45, 2.75) is 45.3 Å². The number of nitrogens with zero attached hydrogens (tertiary/aromatic N) is 2. The number of rotatable bonds is 4. The van der Waals surface area contributed by atoms with Crippen molar-refractivity contribution in [3.05, 3.63) is 64.0 Å². The van der Waals surface area contributed by atoms with Crippen LogP contribution in [0.15, 0.2) is 30.6 Å². The maximum atomic E-state index is 12.9. The van der Waals surface area contributed by atoms with Crippen LogP contribution in [0.2, 0.25) is 0 Å². The molecule has 1 fully saturated rings. The molecule has 2 aliphatic rings. The molecule has 160 valence electrons. The Morgan fingerprint density at radius 1 is 1.26 bits per heavy atom. The molecular weight excluding hydrogens is 398 g/mol. The van der Waals surface area contributed by atoms with Gasteiger partial charge in [0.1, 0.15) is 6.04 Å². The average molecular weight is 421 g/mol. The van der Waals surface area contributed by atoms with Crippen molar-refractivity contribution in [1.29, 1.82) is 0 Å². The number of amides is 5. The van der Waals surface area contributed by atoms with E-state index in [1.54, 1.807) is 24.5 Å². The van der Waals surface area contributed by atoms with E-state index in [0.29, 0.717) is 12.0 Å². The van der Waals surface area contributed by atoms with Gasteiger partial charge in [-0.25, -0.2) is 4.79 Å². The van der Waals surface area contributed by atoms with Crippen molar-refractivity contribution in [3.8, 4) is 0 Å². The summed E-state index contributed by atoms with van der Waals surface area (Å²) in [5, 5.41) is 5.07. The van der Waals surface area contributed by atoms with E-state index in [0.717, 1.165) is 27.8 Å². The Morgan fingerprint density at radius 2 is 2.03 bits per heavy atom. The molecular formula is C22H23N5O4. The summed E-state index contributed by atoms with van der Waals surface area (Å²) in [7, 11) is 0. The zero-order valence-electron chi connectivity index (χ0n) is 17.3. The second-order valence-corrected chi connectivity index (χ2v) is 7.93. The topological polar surface area (TPSA) is 134 Å². The molecule has 5 amide bonds. The molecule has 9 heteroatoms. The van der Waals surface area contributed by atoms with Crippen molar-refractivity contribution in [2.24, 2.45) is 5.73 Å². The Hall–Kier alpha value is -3.75. The molecule has 0 bridgehead atoms. The SMILES string of the molecule is Cc1cncc(C(NC(N)=O)c2ccc3c(c2)CN(C2CCC(=O)NC2=O)C3=O)c1C. The number of pyridine rings is 1. The summed E-state index contributed by atoms with van der Waals surface area (Å²) >= 11 is 0. The lowest BCUT2D eigenvalue weighted by Crippen LogP contribution is -2.52. The molecule has 0 radical (unpaired) electrons. The first-order valence-electron chi connectivity index (χ1n) is 10.0. The standard InChI is InChI=1S/C22H23N5O4/c1-11-8-24-9-16(12(11)2)19(26-22(23)31)13-3-4-15-14(7-13)10-27(21(15)30)17-5-6-18(28)25-20(17)29/h3-4,7-9,17,19H,5-6,10H2,1-2H3,(H3,23,26,31)(H,25,28,29). The summed E-state index contributed by atoms with van der Waals surface area (Å²) < 4.78 is 0. The Kier molecular flexibility index (Phi) is 5.18. The zero-order chi connectivity index (χ0) is 22.3. The number of nitrogens with one attached hydrogen (secondary N) is 2. The predicted molar refractivity (Wildman–Crippen MR) is 111 cm³/mol. The number of hydrogen-bond acceptors (Lipinski definition) is 5. The normalized spacial score (nSPS) is 19.1. The molecule has 2 atom stereocenters. The van der Waals surface area contributed by atoms with E-state index in [-0.39, 0.29) is 24.8 Å². The van der Waals surface area contributed by atoms with Gasteiger partial charge in [-0.3, -0.25) is 24.7 Å². The Labute approximate surface area is 179 Å². The third-order valence-electron chi connectivity index (χ3n) is 5.98. The van der Waals surface area contributed by atoms with Crippen molar-refractivity contribution in [3.63, 3.8) is 0 Å². The monoisotopic (exact) mass is 421 g/mol. The number of carbonyl (C=O) groups excluding carboxylic acids is 4. The van der Waals surface area contributed by atoms with Crippen LogP contribution >= 0.6 is 0 Å². The molecule has 2 aliphatic heterocycles. The molecule has 1 saturated heterocycles. The van der Waals surface area contributed by atoms with Crippen LogP contribution in [0.4, 0.5) is 4.79 Å². The van der Waals surface area contributed by atoms with Crippen LogP contribution < -0.4 is 16.4 Å². The minimum absolute atomic E-state index is 0.200. The van der Waals surface area contributed by atoms with Crippen LogP contribution in [0, 0.1) is 13.8 Å². The van der Waals surface area contributed by atoms with E-state index < -0.39 is 24.0 Å². The van der Waals surface area contributed by atoms with E-state index in [1.807, 2.05) is 19.9 Å². The molecule has 4 N–H and O–H groups in total. The third-order valence-corrected chi connectivity index (χ3v) is 5.98. The van der Waals surface area contributed by atoms with Gasteiger partial charge in [-0.05, 0) is 48.6 Å². The van der Waals surface area contributed by atoms with Gasteiger partial charge in [0.05, 0.1) is 6.04 Å². The fourth-order valence-corrected chi connectivity index (χ4v) is 4.20. The molecule has 0 aliphatic carbocycles. The maximum Gasteiger partial charge on any atom is 0.312 e. The third kappa shape index (κ3) is 3.74. The van der Waals surface area contributed by atoms with Gasteiger partial charge in [-0.15, -0.1) is 0 Å². The number of primary amides is 1. The van der Waals surface area contributed by atoms with Crippen LogP contribution in [0.3, 0.4) is 0 Å². The van der Waals surface area contributed by atoms with E-state index in [1.165, 1.54) is 4.90 Å². The van der Waals surface area contributed by atoms with Gasteiger partial charge in [0.25, 0.3) is 5.91 Å². The lowest BCUT2D eigenvalue weighted by atomic mass is 9.93. The van der Waals surface area contributed by atoms with Gasteiger partial charge in [0.2, 0.25) is 11.8 Å². The fraction of sp³-hybridized carbons (Fsp3) is 0.318. The quantitative estimate of drug-likeness (QED) is 0.638. The molecule has 2 unspecified atom stereocenters. The van der Waals surface area contributed by atoms with Crippen molar-refractivity contribution >= 4 is 23.8 Å². The first kappa shape index (κ1) is 20.5. The largest absolute Gasteiger partial charge is 0.352 e. The van der Waals surface area contributed by atoms with Crippen LogP contribution in [0.5, 0.6) is 0 Å². The highest BCUT2D eigenvalue weighted by atomic mass is 16.2. The number of urea groups is 1. The van der Waals surface area contributed by atoms with Crippen molar-refractivity contribution in [1.82, 2.24) is 20.5 Å². The number of piperidine rings is 1. The number of fused-ring (bicyclic) bond motifs is 1. The summed E-state index contributed by atoms with van der Waals surface area (Å²) in [4.78, 5) is 54.1. The second-order valence-electron chi connectivity index (χ2n) is 7.93. The van der Waals surface area contributed by atoms with Gasteiger partial charge in [0.15, 0.2) is 0 Å². The number of benzene rings is 1. The van der Waals surface area contributed by atoms with Crippen LogP contribution in [-0.4, -0.2) is 39.7 Å². The first-order valence-corrected chi connectivity index (χ1v) is 10.0. The number of aryl methyl sites for hydroxylation is 1. The molecule has 31 heavy (non-hydrogen) atoms. The molecule has 3 heterocycles. The average Bonchev–Trinajstić information content (AvgIpc) is 3.04. The highest BCUT2D eigenvalue weighted by molar-refractivity contribution is 6.05. The number of hydrogen-bond donors (Lipinski definition) is 3. The lowest BCUT2D eigenvalue weighted by Gasteiger charge is -2.29. The van der Waals surface area contributed by atoms with E-state index in [4.69, 9.17) is 5.73 Å². The molecule has 1 aromatic carbocycles. The Bertz CT molecular complexity index is 1110. The molecule has 0 saturated carbocycles. The molecule has 1 aromatic heterocycles. The number of carbonyl (C=O) groups is 4. The van der Waals surface area contributed by atoms with Gasteiger partial charge in [-0.2, -0.15) is 0 Å². The van der Waals surface area contributed by atoms with E-state index in [2.05, 4.69) is 15.6 Å². The molecule has 9 nitrogen and oxygen atoms in total. The van der Waals surface area contributed by atoms with Crippen molar-refractivity contribution in [2.75, 3.05) is 0 Å². The van der Waals surface area contributed by atoms with E-state index >= 15 is 0 Å². The highest BCUT2D eigenvalue weighted by Gasteiger charge is 2.39. The van der Waals surface area contributed by atoms with E-state index in [9.17, 15) is 19.2 Å². The summed E-state index contributed by atoms with van der Waals surface area (Å²) in [5.41, 5.74) is 10.2.